The first kappa shape index (κ1) is 12.0. The molecule has 0 aromatic heterocycles. The number of ether oxygens (including phenoxy) is 1. The molecule has 1 nitrogen and oxygen atoms in total. The molecule has 0 aliphatic rings. The van der Waals surface area contributed by atoms with Gasteiger partial charge in [0, 0.05) is 10.6 Å². The topological polar surface area (TPSA) is 9.23 Å². The molecule has 0 saturated carbocycles. The SMILES string of the molecule is COc1ccc(C)cc1-c1cc(Cl)ccc1C. The number of benzene rings is 2. The van der Waals surface area contributed by atoms with E-state index in [0.29, 0.717) is 0 Å². The molecule has 2 aromatic rings. The molecular formula is C15H15ClO. The molecule has 0 saturated heterocycles. The zero-order valence-corrected chi connectivity index (χ0v) is 11.0. The summed E-state index contributed by atoms with van der Waals surface area (Å²) in [5, 5.41) is 0.745. The van der Waals surface area contributed by atoms with Crippen molar-refractivity contribution in [1.82, 2.24) is 0 Å². The first-order valence-corrected chi connectivity index (χ1v) is 5.91. The highest BCUT2D eigenvalue weighted by Crippen LogP contribution is 2.34. The molecule has 0 aliphatic carbocycles. The summed E-state index contributed by atoms with van der Waals surface area (Å²) >= 11 is 6.06. The van der Waals surface area contributed by atoms with Crippen LogP contribution < -0.4 is 4.74 Å². The fraction of sp³-hybridized carbons (Fsp3) is 0.200. The predicted molar refractivity (Wildman–Crippen MR) is 72.9 cm³/mol. The second kappa shape index (κ2) is 4.80. The number of hydrogen-bond acceptors (Lipinski definition) is 1. The van der Waals surface area contributed by atoms with Crippen LogP contribution in [0.1, 0.15) is 11.1 Å². The summed E-state index contributed by atoms with van der Waals surface area (Å²) in [6, 6.07) is 12.1. The summed E-state index contributed by atoms with van der Waals surface area (Å²) < 4.78 is 5.41. The van der Waals surface area contributed by atoms with E-state index in [1.54, 1.807) is 7.11 Å². The second-order valence-corrected chi connectivity index (χ2v) is 4.60. The number of aryl methyl sites for hydroxylation is 2. The minimum Gasteiger partial charge on any atom is -0.496 e. The summed E-state index contributed by atoms with van der Waals surface area (Å²) in [5.74, 6) is 0.876. The Hall–Kier alpha value is -1.47. The lowest BCUT2D eigenvalue weighted by atomic mass is 9.98. The summed E-state index contributed by atoms with van der Waals surface area (Å²) in [5.41, 5.74) is 4.61. The zero-order valence-electron chi connectivity index (χ0n) is 10.3. The molecule has 0 N–H and O–H groups in total. The van der Waals surface area contributed by atoms with Gasteiger partial charge in [-0.05, 0) is 49.2 Å². The van der Waals surface area contributed by atoms with Crippen molar-refractivity contribution in [3.63, 3.8) is 0 Å². The normalized spacial score (nSPS) is 10.4. The van der Waals surface area contributed by atoms with E-state index in [0.717, 1.165) is 21.9 Å². The largest absolute Gasteiger partial charge is 0.496 e. The van der Waals surface area contributed by atoms with E-state index >= 15 is 0 Å². The highest BCUT2D eigenvalue weighted by atomic mass is 35.5. The Bertz CT molecular complexity index is 547. The molecule has 0 radical (unpaired) electrons. The van der Waals surface area contributed by atoms with Crippen molar-refractivity contribution in [3.8, 4) is 16.9 Å². The zero-order chi connectivity index (χ0) is 12.4. The lowest BCUT2D eigenvalue weighted by Gasteiger charge is -2.12. The Morgan fingerprint density at radius 3 is 2.41 bits per heavy atom. The molecule has 2 aromatic carbocycles. The van der Waals surface area contributed by atoms with E-state index in [2.05, 4.69) is 19.9 Å². The first-order chi connectivity index (χ1) is 8.11. The van der Waals surface area contributed by atoms with Crippen LogP contribution in [0.4, 0.5) is 0 Å². The quantitative estimate of drug-likeness (QED) is 0.751. The highest BCUT2D eigenvalue weighted by molar-refractivity contribution is 6.30. The summed E-state index contributed by atoms with van der Waals surface area (Å²) in [7, 11) is 1.69. The summed E-state index contributed by atoms with van der Waals surface area (Å²) in [6.07, 6.45) is 0. The molecule has 0 fully saturated rings. The number of rotatable bonds is 2. The molecule has 0 amide bonds. The molecule has 17 heavy (non-hydrogen) atoms. The molecule has 88 valence electrons. The van der Waals surface area contributed by atoms with Crippen molar-refractivity contribution in [1.29, 1.82) is 0 Å². The Morgan fingerprint density at radius 1 is 0.941 bits per heavy atom. The molecule has 0 atom stereocenters. The van der Waals surface area contributed by atoms with Crippen LogP contribution in [-0.2, 0) is 0 Å². The molecule has 0 spiro atoms. The smallest absolute Gasteiger partial charge is 0.126 e. The minimum absolute atomic E-state index is 0.745. The molecular weight excluding hydrogens is 232 g/mol. The maximum absolute atomic E-state index is 6.06. The second-order valence-electron chi connectivity index (χ2n) is 4.16. The van der Waals surface area contributed by atoms with Crippen LogP contribution in [-0.4, -0.2) is 7.11 Å². The van der Waals surface area contributed by atoms with E-state index in [1.165, 1.54) is 11.1 Å². The number of hydrogen-bond donors (Lipinski definition) is 0. The minimum atomic E-state index is 0.745. The molecule has 2 rings (SSSR count). The molecule has 0 unspecified atom stereocenters. The van der Waals surface area contributed by atoms with E-state index < -0.39 is 0 Å². The van der Waals surface area contributed by atoms with Gasteiger partial charge in [-0.1, -0.05) is 29.3 Å². The van der Waals surface area contributed by atoms with Gasteiger partial charge in [0.1, 0.15) is 5.75 Å². The third kappa shape index (κ3) is 2.45. The fourth-order valence-corrected chi connectivity index (χ4v) is 2.09. The summed E-state index contributed by atoms with van der Waals surface area (Å²) in [4.78, 5) is 0. The van der Waals surface area contributed by atoms with Gasteiger partial charge < -0.3 is 4.74 Å². The maximum Gasteiger partial charge on any atom is 0.126 e. The van der Waals surface area contributed by atoms with Crippen LogP contribution in [0.5, 0.6) is 5.75 Å². The van der Waals surface area contributed by atoms with Gasteiger partial charge in [0.15, 0.2) is 0 Å². The van der Waals surface area contributed by atoms with Gasteiger partial charge in [-0.3, -0.25) is 0 Å². The van der Waals surface area contributed by atoms with Crippen LogP contribution in [0.3, 0.4) is 0 Å². The Kier molecular flexibility index (Phi) is 3.39. The lowest BCUT2D eigenvalue weighted by Crippen LogP contribution is -1.91. The average molecular weight is 247 g/mol. The van der Waals surface area contributed by atoms with Gasteiger partial charge in [0.25, 0.3) is 0 Å². The highest BCUT2D eigenvalue weighted by Gasteiger charge is 2.09. The molecule has 0 bridgehead atoms. The third-order valence-electron chi connectivity index (χ3n) is 2.84. The van der Waals surface area contributed by atoms with Gasteiger partial charge >= 0.3 is 0 Å². The van der Waals surface area contributed by atoms with E-state index in [9.17, 15) is 0 Å². The average Bonchev–Trinajstić information content (AvgIpc) is 2.32. The van der Waals surface area contributed by atoms with E-state index in [4.69, 9.17) is 16.3 Å². The Labute approximate surface area is 107 Å². The fourth-order valence-electron chi connectivity index (χ4n) is 1.92. The van der Waals surface area contributed by atoms with Gasteiger partial charge in [0.2, 0.25) is 0 Å². The predicted octanol–water partition coefficient (Wildman–Crippen LogP) is 4.63. The van der Waals surface area contributed by atoms with Crippen molar-refractivity contribution in [2.24, 2.45) is 0 Å². The summed E-state index contributed by atoms with van der Waals surface area (Å²) in [6.45, 7) is 4.15. The van der Waals surface area contributed by atoms with Crippen molar-refractivity contribution in [3.05, 3.63) is 52.5 Å². The van der Waals surface area contributed by atoms with Gasteiger partial charge in [0.05, 0.1) is 7.11 Å². The van der Waals surface area contributed by atoms with Crippen molar-refractivity contribution in [2.75, 3.05) is 7.11 Å². The van der Waals surface area contributed by atoms with Crippen LogP contribution >= 0.6 is 11.6 Å². The Balaban J connectivity index is 2.66. The molecule has 2 heteroatoms. The van der Waals surface area contributed by atoms with E-state index in [-0.39, 0.29) is 0 Å². The lowest BCUT2D eigenvalue weighted by molar-refractivity contribution is 0.416. The standard InChI is InChI=1S/C15H15ClO/c1-10-4-7-15(17-3)14(8-10)13-9-12(16)6-5-11(13)2/h4-9H,1-3H3. The van der Waals surface area contributed by atoms with Crippen molar-refractivity contribution < 1.29 is 4.74 Å². The van der Waals surface area contributed by atoms with E-state index in [1.807, 2.05) is 30.3 Å². The van der Waals surface area contributed by atoms with Gasteiger partial charge in [-0.25, -0.2) is 0 Å². The monoisotopic (exact) mass is 246 g/mol. The van der Waals surface area contributed by atoms with Crippen LogP contribution in [0.15, 0.2) is 36.4 Å². The van der Waals surface area contributed by atoms with Crippen LogP contribution in [0.2, 0.25) is 5.02 Å². The third-order valence-corrected chi connectivity index (χ3v) is 3.08. The van der Waals surface area contributed by atoms with Crippen molar-refractivity contribution >= 4 is 11.6 Å². The first-order valence-electron chi connectivity index (χ1n) is 5.53. The molecule has 0 aliphatic heterocycles. The van der Waals surface area contributed by atoms with Gasteiger partial charge in [-0.2, -0.15) is 0 Å². The van der Waals surface area contributed by atoms with Crippen molar-refractivity contribution in [2.45, 2.75) is 13.8 Å². The maximum atomic E-state index is 6.06. The molecule has 0 heterocycles. The van der Waals surface area contributed by atoms with Crippen LogP contribution in [0, 0.1) is 13.8 Å². The van der Waals surface area contributed by atoms with Crippen LogP contribution in [0.25, 0.3) is 11.1 Å². The number of halogens is 1. The number of methoxy groups -OCH3 is 1. The Morgan fingerprint density at radius 2 is 1.71 bits per heavy atom. The van der Waals surface area contributed by atoms with Gasteiger partial charge in [-0.15, -0.1) is 0 Å².